The SMILES string of the molecule is CCC(C)NC(=O)C(CC)(CC)C(N)=S. The highest BCUT2D eigenvalue weighted by molar-refractivity contribution is 7.80. The van der Waals surface area contributed by atoms with Crippen LogP contribution in [-0.4, -0.2) is 16.9 Å². The Balaban J connectivity index is 4.78. The Bertz CT molecular complexity index is 237. The van der Waals surface area contributed by atoms with Crippen LogP contribution in [0.1, 0.15) is 47.0 Å². The molecule has 0 bridgehead atoms. The topological polar surface area (TPSA) is 55.1 Å². The van der Waals surface area contributed by atoms with Crippen molar-refractivity contribution < 1.29 is 4.79 Å². The van der Waals surface area contributed by atoms with E-state index in [1.807, 2.05) is 27.7 Å². The Morgan fingerprint density at radius 2 is 1.87 bits per heavy atom. The summed E-state index contributed by atoms with van der Waals surface area (Å²) in [7, 11) is 0. The highest BCUT2D eigenvalue weighted by Gasteiger charge is 2.38. The van der Waals surface area contributed by atoms with Crippen molar-refractivity contribution in [3.8, 4) is 0 Å². The number of carbonyl (C=O) groups excluding carboxylic acids is 1. The van der Waals surface area contributed by atoms with E-state index in [2.05, 4.69) is 5.32 Å². The summed E-state index contributed by atoms with van der Waals surface area (Å²) in [6.07, 6.45) is 2.22. The second-order valence-corrected chi connectivity index (χ2v) is 4.38. The molecule has 0 saturated heterocycles. The van der Waals surface area contributed by atoms with Crippen LogP contribution in [-0.2, 0) is 4.79 Å². The van der Waals surface area contributed by atoms with Crippen LogP contribution in [0.4, 0.5) is 0 Å². The van der Waals surface area contributed by atoms with Crippen molar-refractivity contribution >= 4 is 23.1 Å². The van der Waals surface area contributed by atoms with Crippen LogP contribution >= 0.6 is 12.2 Å². The molecule has 0 aromatic rings. The predicted molar refractivity (Wildman–Crippen MR) is 67.7 cm³/mol. The molecule has 0 aromatic heterocycles. The highest BCUT2D eigenvalue weighted by Crippen LogP contribution is 2.27. The zero-order valence-corrected chi connectivity index (χ0v) is 10.9. The molecule has 1 unspecified atom stereocenters. The first-order valence-electron chi connectivity index (χ1n) is 5.55. The molecule has 3 nitrogen and oxygen atoms in total. The van der Waals surface area contributed by atoms with Gasteiger partial charge in [-0.15, -0.1) is 0 Å². The zero-order valence-electron chi connectivity index (χ0n) is 10.1. The second-order valence-electron chi connectivity index (χ2n) is 3.94. The monoisotopic (exact) mass is 230 g/mol. The molecule has 4 heteroatoms. The number of hydrogen-bond donors (Lipinski definition) is 2. The van der Waals surface area contributed by atoms with Crippen molar-refractivity contribution in [3.63, 3.8) is 0 Å². The minimum Gasteiger partial charge on any atom is -0.392 e. The lowest BCUT2D eigenvalue weighted by atomic mass is 9.81. The summed E-state index contributed by atoms with van der Waals surface area (Å²) in [4.78, 5) is 12.4. The fraction of sp³-hybridized carbons (Fsp3) is 0.818. The first kappa shape index (κ1) is 14.4. The van der Waals surface area contributed by atoms with Crippen molar-refractivity contribution in [2.45, 2.75) is 53.0 Å². The van der Waals surface area contributed by atoms with Crippen molar-refractivity contribution in [1.82, 2.24) is 5.32 Å². The molecule has 0 saturated carbocycles. The third-order valence-corrected chi connectivity index (χ3v) is 3.49. The van der Waals surface area contributed by atoms with Gasteiger partial charge in [0.15, 0.2) is 0 Å². The fourth-order valence-electron chi connectivity index (χ4n) is 1.50. The van der Waals surface area contributed by atoms with Crippen molar-refractivity contribution in [2.24, 2.45) is 11.1 Å². The van der Waals surface area contributed by atoms with Crippen molar-refractivity contribution in [1.29, 1.82) is 0 Å². The third kappa shape index (κ3) is 3.16. The summed E-state index contributed by atoms with van der Waals surface area (Å²) in [5, 5.41) is 2.95. The van der Waals surface area contributed by atoms with Gasteiger partial charge in [-0.2, -0.15) is 0 Å². The highest BCUT2D eigenvalue weighted by atomic mass is 32.1. The van der Waals surface area contributed by atoms with Gasteiger partial charge >= 0.3 is 0 Å². The molecule has 0 aliphatic heterocycles. The van der Waals surface area contributed by atoms with Gasteiger partial charge in [0.1, 0.15) is 0 Å². The maximum Gasteiger partial charge on any atom is 0.233 e. The molecular formula is C11H22N2OS. The number of carbonyl (C=O) groups is 1. The molecule has 0 fully saturated rings. The maximum absolute atomic E-state index is 12.1. The van der Waals surface area contributed by atoms with Crippen LogP contribution in [0.3, 0.4) is 0 Å². The number of rotatable bonds is 6. The molecule has 0 radical (unpaired) electrons. The minimum atomic E-state index is -0.668. The molecule has 0 rings (SSSR count). The quantitative estimate of drug-likeness (QED) is 0.686. The van der Waals surface area contributed by atoms with E-state index in [0.717, 1.165) is 6.42 Å². The van der Waals surface area contributed by atoms with Crippen LogP contribution in [0.5, 0.6) is 0 Å². The number of nitrogens with one attached hydrogen (secondary N) is 1. The van der Waals surface area contributed by atoms with E-state index in [1.54, 1.807) is 0 Å². The molecule has 3 N–H and O–H groups in total. The lowest BCUT2D eigenvalue weighted by molar-refractivity contribution is -0.128. The zero-order chi connectivity index (χ0) is 12.1. The summed E-state index contributed by atoms with van der Waals surface area (Å²) in [5.74, 6) is -0.0330. The van der Waals surface area contributed by atoms with E-state index >= 15 is 0 Å². The Morgan fingerprint density at radius 1 is 1.40 bits per heavy atom. The van der Waals surface area contributed by atoms with Crippen LogP contribution in [0.25, 0.3) is 0 Å². The number of hydrogen-bond acceptors (Lipinski definition) is 2. The van der Waals surface area contributed by atoms with E-state index in [1.165, 1.54) is 0 Å². The van der Waals surface area contributed by atoms with Crippen LogP contribution in [0, 0.1) is 5.41 Å². The first-order chi connectivity index (χ1) is 6.94. The molecule has 0 aromatic carbocycles. The molecule has 0 heterocycles. The summed E-state index contributed by atoms with van der Waals surface area (Å²) in [6.45, 7) is 7.90. The van der Waals surface area contributed by atoms with Crippen molar-refractivity contribution in [3.05, 3.63) is 0 Å². The van der Waals surface area contributed by atoms with Gasteiger partial charge < -0.3 is 11.1 Å². The summed E-state index contributed by atoms with van der Waals surface area (Å²) in [6, 6.07) is 0.171. The van der Waals surface area contributed by atoms with Gasteiger partial charge in [0.25, 0.3) is 0 Å². The number of amides is 1. The minimum absolute atomic E-state index is 0.0330. The lowest BCUT2D eigenvalue weighted by Gasteiger charge is -2.30. The Labute approximate surface area is 97.8 Å². The van der Waals surface area contributed by atoms with Crippen LogP contribution in [0.2, 0.25) is 0 Å². The number of nitrogens with two attached hydrogens (primary N) is 1. The second kappa shape index (κ2) is 6.05. The van der Waals surface area contributed by atoms with Gasteiger partial charge in [0, 0.05) is 6.04 Å². The molecule has 1 atom stereocenters. The van der Waals surface area contributed by atoms with E-state index < -0.39 is 5.41 Å². The Kier molecular flexibility index (Phi) is 5.80. The van der Waals surface area contributed by atoms with E-state index in [-0.39, 0.29) is 11.9 Å². The first-order valence-corrected chi connectivity index (χ1v) is 5.96. The number of thiocarbonyl (C=S) groups is 1. The van der Waals surface area contributed by atoms with Crippen LogP contribution < -0.4 is 11.1 Å². The predicted octanol–water partition coefficient (Wildman–Crippen LogP) is 1.99. The standard InChI is InChI=1S/C11H22N2OS/c1-5-8(4)13-10(14)11(6-2,7-3)9(12)15/h8H,5-7H2,1-4H3,(H2,12,15)(H,13,14). The van der Waals surface area contributed by atoms with Gasteiger partial charge in [-0.25, -0.2) is 0 Å². The van der Waals surface area contributed by atoms with Crippen LogP contribution in [0.15, 0.2) is 0 Å². The molecule has 1 amide bonds. The smallest absolute Gasteiger partial charge is 0.233 e. The van der Waals surface area contributed by atoms with Gasteiger partial charge in [0.05, 0.1) is 10.4 Å². The molecule has 0 spiro atoms. The molecule has 0 aliphatic carbocycles. The maximum atomic E-state index is 12.1. The third-order valence-electron chi connectivity index (χ3n) is 3.10. The average Bonchev–Trinajstić information content (AvgIpc) is 2.19. The summed E-state index contributed by atoms with van der Waals surface area (Å²) >= 11 is 5.01. The summed E-state index contributed by atoms with van der Waals surface area (Å²) in [5.41, 5.74) is 5.01. The van der Waals surface area contributed by atoms with Crippen molar-refractivity contribution in [2.75, 3.05) is 0 Å². The molecule has 15 heavy (non-hydrogen) atoms. The Morgan fingerprint density at radius 3 is 2.13 bits per heavy atom. The molecule has 88 valence electrons. The largest absolute Gasteiger partial charge is 0.392 e. The normalized spacial score (nSPS) is 13.3. The van der Waals surface area contributed by atoms with E-state index in [0.29, 0.717) is 17.8 Å². The average molecular weight is 230 g/mol. The summed E-state index contributed by atoms with van der Waals surface area (Å²) < 4.78 is 0. The van der Waals surface area contributed by atoms with E-state index in [9.17, 15) is 4.79 Å². The molecular weight excluding hydrogens is 208 g/mol. The van der Waals surface area contributed by atoms with Gasteiger partial charge in [-0.1, -0.05) is 33.0 Å². The lowest BCUT2D eigenvalue weighted by Crippen LogP contribution is -2.50. The van der Waals surface area contributed by atoms with Gasteiger partial charge in [-0.05, 0) is 26.2 Å². The van der Waals surface area contributed by atoms with Gasteiger partial charge in [-0.3, -0.25) is 4.79 Å². The molecule has 0 aliphatic rings. The van der Waals surface area contributed by atoms with Gasteiger partial charge in [0.2, 0.25) is 5.91 Å². The fourth-order valence-corrected chi connectivity index (χ4v) is 1.88. The van der Waals surface area contributed by atoms with E-state index in [4.69, 9.17) is 18.0 Å². The Hall–Kier alpha value is -0.640.